The lowest BCUT2D eigenvalue weighted by Crippen LogP contribution is -2.43. The molecule has 5 unspecified atom stereocenters. The van der Waals surface area contributed by atoms with Gasteiger partial charge in [0.1, 0.15) is 6.10 Å². The first-order valence-electron chi connectivity index (χ1n) is 14.1. The lowest BCUT2D eigenvalue weighted by atomic mass is 9.95. The van der Waals surface area contributed by atoms with E-state index in [1.165, 1.54) is 11.6 Å². The van der Waals surface area contributed by atoms with E-state index in [2.05, 4.69) is 63.2 Å². The van der Waals surface area contributed by atoms with Crippen LogP contribution in [0.25, 0.3) is 0 Å². The molecule has 1 rings (SSSR count). The number of rotatable bonds is 17. The van der Waals surface area contributed by atoms with E-state index in [-0.39, 0.29) is 30.1 Å². The van der Waals surface area contributed by atoms with Gasteiger partial charge in [-0.05, 0) is 64.4 Å². The van der Waals surface area contributed by atoms with Crippen molar-refractivity contribution in [3.63, 3.8) is 0 Å². The van der Waals surface area contributed by atoms with E-state index in [9.17, 15) is 9.59 Å². The molecule has 0 fully saturated rings. The molecule has 5 nitrogen and oxygen atoms in total. The van der Waals surface area contributed by atoms with Crippen molar-refractivity contribution < 1.29 is 19.1 Å². The van der Waals surface area contributed by atoms with Gasteiger partial charge < -0.3 is 14.8 Å². The Morgan fingerprint density at radius 1 is 1.31 bits per heavy atom. The standard InChI is InChI=1S/C34H49NO4/c1-8-10-14-26(3)21-23-32(38-7)31(35-33(36)18-11-9-2)17-12-15-27(4)24-29(6)25-28(5)20-22-30-16-13-19-34(37)39-30/h2,8,10,12-13,15,17,19-20,22,25-26,29-32H,11,14,16,18,21,23-24H2,1,3-7H3,(H,35,36)/b10-8+,17-12+,22-20+,27-15+,28-25-. The molecular formula is C34H49NO4. The van der Waals surface area contributed by atoms with E-state index in [1.54, 1.807) is 7.11 Å². The Bertz CT molecular complexity index is 976. The summed E-state index contributed by atoms with van der Waals surface area (Å²) in [5.41, 5.74) is 2.38. The average molecular weight is 536 g/mol. The van der Waals surface area contributed by atoms with Crippen LogP contribution in [-0.2, 0) is 19.1 Å². The Morgan fingerprint density at radius 3 is 2.74 bits per heavy atom. The zero-order valence-electron chi connectivity index (χ0n) is 24.8. The summed E-state index contributed by atoms with van der Waals surface area (Å²) in [5, 5.41) is 3.11. The van der Waals surface area contributed by atoms with E-state index < -0.39 is 0 Å². The molecule has 0 aromatic heterocycles. The Hall–Kier alpha value is -3.10. The van der Waals surface area contributed by atoms with Crippen LogP contribution in [-0.4, -0.2) is 37.2 Å². The Labute approximate surface area is 237 Å². The molecule has 1 heterocycles. The zero-order valence-corrected chi connectivity index (χ0v) is 24.8. The van der Waals surface area contributed by atoms with Crippen LogP contribution in [0.5, 0.6) is 0 Å². The molecule has 0 saturated carbocycles. The Morgan fingerprint density at radius 2 is 2.08 bits per heavy atom. The topological polar surface area (TPSA) is 64.6 Å². The first-order valence-corrected chi connectivity index (χ1v) is 14.1. The van der Waals surface area contributed by atoms with Gasteiger partial charge in [-0.1, -0.05) is 73.6 Å². The summed E-state index contributed by atoms with van der Waals surface area (Å²) in [6.07, 6.45) is 30.2. The Kier molecular flexibility index (Phi) is 17.3. The highest BCUT2D eigenvalue weighted by molar-refractivity contribution is 5.83. The second-order valence-corrected chi connectivity index (χ2v) is 10.5. The monoisotopic (exact) mass is 535 g/mol. The van der Waals surface area contributed by atoms with Crippen molar-refractivity contribution in [2.75, 3.05) is 7.11 Å². The van der Waals surface area contributed by atoms with Crippen LogP contribution in [0.2, 0.25) is 0 Å². The second-order valence-electron chi connectivity index (χ2n) is 10.5. The molecule has 1 N–H and O–H groups in total. The largest absolute Gasteiger partial charge is 0.455 e. The molecular weight excluding hydrogens is 486 g/mol. The van der Waals surface area contributed by atoms with Crippen molar-refractivity contribution in [3.8, 4) is 12.3 Å². The normalized spacial score (nSPS) is 19.7. The van der Waals surface area contributed by atoms with Crippen LogP contribution in [0.4, 0.5) is 0 Å². The molecule has 5 atom stereocenters. The van der Waals surface area contributed by atoms with Gasteiger partial charge in [-0.2, -0.15) is 0 Å². The molecule has 39 heavy (non-hydrogen) atoms. The number of allylic oxidation sites excluding steroid dienone is 8. The SMILES string of the molecule is C#CCCC(=O)NC(/C=C/C=C(\C)CC(C)/C=C(C)\C=C\C1CC=CC(=O)O1)C(CCC(C)C/C=C/C)OC. The smallest absolute Gasteiger partial charge is 0.331 e. The van der Waals surface area contributed by atoms with E-state index in [0.717, 1.165) is 31.3 Å². The lowest BCUT2D eigenvalue weighted by molar-refractivity contribution is -0.141. The average Bonchev–Trinajstić information content (AvgIpc) is 2.89. The summed E-state index contributed by atoms with van der Waals surface area (Å²) in [6, 6.07) is -0.230. The molecule has 1 aliphatic rings. The van der Waals surface area contributed by atoms with E-state index in [0.29, 0.717) is 31.1 Å². The van der Waals surface area contributed by atoms with Crippen molar-refractivity contribution in [3.05, 3.63) is 71.9 Å². The van der Waals surface area contributed by atoms with E-state index in [4.69, 9.17) is 15.9 Å². The van der Waals surface area contributed by atoms with Crippen LogP contribution < -0.4 is 5.32 Å². The molecule has 5 heteroatoms. The summed E-state index contributed by atoms with van der Waals surface area (Å²) >= 11 is 0. The molecule has 0 saturated heterocycles. The van der Waals surface area contributed by atoms with E-state index in [1.807, 2.05) is 37.3 Å². The first-order chi connectivity index (χ1) is 18.7. The number of hydrogen-bond acceptors (Lipinski definition) is 4. The molecule has 0 spiro atoms. The number of carbonyl (C=O) groups is 2. The zero-order chi connectivity index (χ0) is 29.0. The summed E-state index contributed by atoms with van der Waals surface area (Å²) in [4.78, 5) is 23.8. The number of esters is 1. The van der Waals surface area contributed by atoms with Crippen molar-refractivity contribution >= 4 is 11.9 Å². The van der Waals surface area contributed by atoms with Gasteiger partial charge in [-0.15, -0.1) is 12.3 Å². The molecule has 0 radical (unpaired) electrons. The summed E-state index contributed by atoms with van der Waals surface area (Å²) in [7, 11) is 1.70. The number of terminal acetylenes is 1. The van der Waals surface area contributed by atoms with Gasteiger partial charge in [-0.3, -0.25) is 4.79 Å². The highest BCUT2D eigenvalue weighted by atomic mass is 16.5. The van der Waals surface area contributed by atoms with Crippen LogP contribution in [0, 0.1) is 24.2 Å². The summed E-state index contributed by atoms with van der Waals surface area (Å²) < 4.78 is 11.1. The number of amides is 1. The fraction of sp³-hybridized carbons (Fsp3) is 0.529. The minimum absolute atomic E-state index is 0.0615. The number of hydrogen-bond donors (Lipinski definition) is 1. The molecule has 0 aromatic carbocycles. The van der Waals surface area contributed by atoms with Crippen molar-refractivity contribution in [1.29, 1.82) is 0 Å². The number of ether oxygens (including phenoxy) is 2. The van der Waals surface area contributed by atoms with Gasteiger partial charge in [0.15, 0.2) is 0 Å². The minimum Gasteiger partial charge on any atom is -0.455 e. The van der Waals surface area contributed by atoms with Crippen molar-refractivity contribution in [2.45, 2.75) is 97.8 Å². The number of methoxy groups -OCH3 is 1. The molecule has 0 bridgehead atoms. The predicted octanol–water partition coefficient (Wildman–Crippen LogP) is 7.19. The third-order valence-electron chi connectivity index (χ3n) is 6.60. The molecule has 1 aliphatic heterocycles. The second kappa shape index (κ2) is 19.9. The quantitative estimate of drug-likeness (QED) is 0.0927. The first kappa shape index (κ1) is 33.9. The molecule has 0 aromatic rings. The maximum absolute atomic E-state index is 12.5. The summed E-state index contributed by atoms with van der Waals surface area (Å²) in [6.45, 7) is 10.6. The van der Waals surface area contributed by atoms with E-state index >= 15 is 0 Å². The fourth-order valence-electron chi connectivity index (χ4n) is 4.48. The number of carbonyl (C=O) groups excluding carboxylic acids is 2. The van der Waals surface area contributed by atoms with Gasteiger partial charge in [0.2, 0.25) is 5.91 Å². The number of cyclic esters (lactones) is 1. The Balaban J connectivity index is 2.80. The number of nitrogens with one attached hydrogen (secondary N) is 1. The molecule has 1 amide bonds. The van der Waals surface area contributed by atoms with Gasteiger partial charge >= 0.3 is 5.97 Å². The van der Waals surface area contributed by atoms with Crippen LogP contribution in [0.15, 0.2) is 71.9 Å². The summed E-state index contributed by atoms with van der Waals surface area (Å²) in [5.74, 6) is 3.08. The molecule has 214 valence electrons. The minimum atomic E-state index is -0.287. The van der Waals surface area contributed by atoms with Crippen molar-refractivity contribution in [2.24, 2.45) is 11.8 Å². The maximum Gasteiger partial charge on any atom is 0.331 e. The third-order valence-corrected chi connectivity index (χ3v) is 6.60. The third kappa shape index (κ3) is 15.8. The van der Waals surface area contributed by atoms with Gasteiger partial charge in [0.05, 0.1) is 12.1 Å². The predicted molar refractivity (Wildman–Crippen MR) is 162 cm³/mol. The lowest BCUT2D eigenvalue weighted by Gasteiger charge is -2.25. The maximum atomic E-state index is 12.5. The van der Waals surface area contributed by atoms with Gasteiger partial charge in [0, 0.05) is 32.4 Å². The van der Waals surface area contributed by atoms with Gasteiger partial charge in [-0.25, -0.2) is 4.79 Å². The highest BCUT2D eigenvalue weighted by Crippen LogP contribution is 2.19. The van der Waals surface area contributed by atoms with Crippen LogP contribution in [0.1, 0.15) is 79.6 Å². The van der Waals surface area contributed by atoms with Crippen LogP contribution in [0.3, 0.4) is 0 Å². The van der Waals surface area contributed by atoms with Crippen molar-refractivity contribution in [1.82, 2.24) is 5.32 Å². The van der Waals surface area contributed by atoms with Crippen LogP contribution >= 0.6 is 0 Å². The fourth-order valence-corrected chi connectivity index (χ4v) is 4.48. The highest BCUT2D eigenvalue weighted by Gasteiger charge is 2.21. The van der Waals surface area contributed by atoms with Gasteiger partial charge in [0.25, 0.3) is 0 Å². The molecule has 0 aliphatic carbocycles.